The van der Waals surface area contributed by atoms with Gasteiger partial charge in [0.2, 0.25) is 5.88 Å². The van der Waals surface area contributed by atoms with Crippen molar-refractivity contribution < 1.29 is 4.74 Å². The highest BCUT2D eigenvalue weighted by molar-refractivity contribution is 5.82. The highest BCUT2D eigenvalue weighted by atomic mass is 16.5. The summed E-state index contributed by atoms with van der Waals surface area (Å²) >= 11 is 0. The van der Waals surface area contributed by atoms with Gasteiger partial charge in [0.1, 0.15) is 17.9 Å². The monoisotopic (exact) mass is 217 g/mol. The van der Waals surface area contributed by atoms with Crippen LogP contribution in [0.1, 0.15) is 13.8 Å². The summed E-state index contributed by atoms with van der Waals surface area (Å²) in [4.78, 5) is 9.92. The molecule has 2 aromatic heterocycles. The maximum absolute atomic E-state index is 5.61. The van der Waals surface area contributed by atoms with Crippen molar-refractivity contribution in [2.45, 2.75) is 19.9 Å². The number of H-pyrrole nitrogens is 1. The first-order valence-electron chi connectivity index (χ1n) is 5.63. The summed E-state index contributed by atoms with van der Waals surface area (Å²) in [5, 5.41) is 1.13. The molecule has 1 aliphatic rings. The lowest BCUT2D eigenvalue weighted by molar-refractivity contribution is 0.292. The van der Waals surface area contributed by atoms with Crippen LogP contribution in [-0.4, -0.2) is 29.2 Å². The summed E-state index contributed by atoms with van der Waals surface area (Å²) in [5.41, 5.74) is 2.00. The minimum Gasteiger partial charge on any atom is -0.474 e. The van der Waals surface area contributed by atoms with Crippen LogP contribution in [0.15, 0.2) is 18.3 Å². The van der Waals surface area contributed by atoms with Gasteiger partial charge >= 0.3 is 0 Å². The first-order chi connectivity index (χ1) is 7.75. The molecule has 3 heterocycles. The molecule has 84 valence electrons. The van der Waals surface area contributed by atoms with Gasteiger partial charge in [0.25, 0.3) is 0 Å². The molecule has 16 heavy (non-hydrogen) atoms. The van der Waals surface area contributed by atoms with Gasteiger partial charge in [-0.15, -0.1) is 0 Å². The topological polar surface area (TPSA) is 41.1 Å². The maximum Gasteiger partial charge on any atom is 0.239 e. The molecule has 0 amide bonds. The first-order valence-corrected chi connectivity index (χ1v) is 5.63. The zero-order chi connectivity index (χ0) is 11.1. The van der Waals surface area contributed by atoms with E-state index in [0.29, 0.717) is 12.6 Å². The van der Waals surface area contributed by atoms with Crippen molar-refractivity contribution in [2.75, 3.05) is 18.1 Å². The van der Waals surface area contributed by atoms with Gasteiger partial charge in [0, 0.05) is 17.6 Å². The Balaban J connectivity index is 2.17. The number of aromatic amines is 1. The number of nitrogens with one attached hydrogen (secondary N) is 1. The average molecular weight is 217 g/mol. The number of anilines is 1. The summed E-state index contributed by atoms with van der Waals surface area (Å²) < 4.78 is 5.61. The van der Waals surface area contributed by atoms with Crippen LogP contribution in [0.4, 0.5) is 5.69 Å². The van der Waals surface area contributed by atoms with Gasteiger partial charge in [-0.25, -0.2) is 0 Å². The third-order valence-electron chi connectivity index (χ3n) is 2.98. The molecule has 4 heteroatoms. The Morgan fingerprint density at radius 3 is 3.19 bits per heavy atom. The number of aromatic nitrogens is 2. The fourth-order valence-corrected chi connectivity index (χ4v) is 2.16. The number of hydrogen-bond acceptors (Lipinski definition) is 3. The number of ether oxygens (including phenoxy) is 1. The summed E-state index contributed by atoms with van der Waals surface area (Å²) in [6.45, 7) is 6.03. The van der Waals surface area contributed by atoms with Crippen molar-refractivity contribution in [3.8, 4) is 5.88 Å². The molecule has 0 saturated heterocycles. The minimum absolute atomic E-state index is 0.473. The quantitative estimate of drug-likeness (QED) is 0.796. The second-order valence-corrected chi connectivity index (χ2v) is 4.36. The van der Waals surface area contributed by atoms with E-state index < -0.39 is 0 Å². The standard InChI is InChI=1S/C12H15N3O/c1-8(2)15-5-6-16-12-10(15)7-9-3-4-13-11(9)14-12/h3-4,7-8H,5-6H2,1-2H3,(H,13,14). The predicted octanol–water partition coefficient (Wildman–Crippen LogP) is 2.17. The molecule has 1 N–H and O–H groups in total. The lowest BCUT2D eigenvalue weighted by atomic mass is 10.2. The summed E-state index contributed by atoms with van der Waals surface area (Å²) in [5.74, 6) is 0.745. The molecule has 4 nitrogen and oxygen atoms in total. The second kappa shape index (κ2) is 3.40. The molecule has 1 aliphatic heterocycles. The van der Waals surface area contributed by atoms with Gasteiger partial charge in [-0.05, 0) is 26.0 Å². The van der Waals surface area contributed by atoms with Crippen molar-refractivity contribution in [3.63, 3.8) is 0 Å². The minimum atomic E-state index is 0.473. The van der Waals surface area contributed by atoms with Crippen LogP contribution >= 0.6 is 0 Å². The zero-order valence-corrected chi connectivity index (χ0v) is 9.53. The number of hydrogen-bond donors (Lipinski definition) is 1. The molecule has 0 radical (unpaired) electrons. The van der Waals surface area contributed by atoms with E-state index in [-0.39, 0.29) is 0 Å². The van der Waals surface area contributed by atoms with E-state index in [2.05, 4.69) is 34.8 Å². The molecule has 0 spiro atoms. The Morgan fingerprint density at radius 2 is 2.38 bits per heavy atom. The molecule has 0 atom stereocenters. The summed E-state index contributed by atoms with van der Waals surface area (Å²) in [6, 6.07) is 4.66. The van der Waals surface area contributed by atoms with E-state index in [9.17, 15) is 0 Å². The van der Waals surface area contributed by atoms with Crippen LogP contribution in [0.25, 0.3) is 11.0 Å². The Kier molecular flexibility index (Phi) is 2.02. The highest BCUT2D eigenvalue weighted by Gasteiger charge is 2.22. The molecular weight excluding hydrogens is 202 g/mol. The number of pyridine rings is 1. The van der Waals surface area contributed by atoms with Crippen molar-refractivity contribution in [3.05, 3.63) is 18.3 Å². The molecule has 3 rings (SSSR count). The SMILES string of the molecule is CC(C)N1CCOc2nc3[nH]ccc3cc21. The molecule has 2 aromatic rings. The Morgan fingerprint density at radius 1 is 1.50 bits per heavy atom. The number of fused-ring (bicyclic) bond motifs is 2. The van der Waals surface area contributed by atoms with Gasteiger partial charge in [0.05, 0.1) is 6.54 Å². The van der Waals surface area contributed by atoms with Gasteiger partial charge in [-0.2, -0.15) is 4.98 Å². The predicted molar refractivity (Wildman–Crippen MR) is 64.1 cm³/mol. The van der Waals surface area contributed by atoms with Gasteiger partial charge in [-0.3, -0.25) is 0 Å². The van der Waals surface area contributed by atoms with E-state index in [4.69, 9.17) is 4.74 Å². The second-order valence-electron chi connectivity index (χ2n) is 4.36. The maximum atomic E-state index is 5.61. The normalized spacial score (nSPS) is 15.3. The van der Waals surface area contributed by atoms with Gasteiger partial charge in [0.15, 0.2) is 0 Å². The summed E-state index contributed by atoms with van der Waals surface area (Å²) in [6.07, 6.45) is 1.91. The van der Waals surface area contributed by atoms with Crippen LogP contribution in [0.3, 0.4) is 0 Å². The number of nitrogens with zero attached hydrogens (tertiary/aromatic N) is 2. The number of rotatable bonds is 1. The summed E-state index contributed by atoms with van der Waals surface area (Å²) in [7, 11) is 0. The van der Waals surface area contributed by atoms with Crippen LogP contribution < -0.4 is 9.64 Å². The first kappa shape index (κ1) is 9.51. The Hall–Kier alpha value is -1.71. The van der Waals surface area contributed by atoms with E-state index >= 15 is 0 Å². The fraction of sp³-hybridized carbons (Fsp3) is 0.417. The Bertz CT molecular complexity index is 518. The van der Waals surface area contributed by atoms with E-state index in [1.165, 1.54) is 0 Å². The molecule has 0 aromatic carbocycles. The van der Waals surface area contributed by atoms with Crippen LogP contribution in [0.2, 0.25) is 0 Å². The Labute approximate surface area is 94.2 Å². The van der Waals surface area contributed by atoms with Gasteiger partial charge < -0.3 is 14.6 Å². The largest absolute Gasteiger partial charge is 0.474 e. The van der Waals surface area contributed by atoms with Crippen molar-refractivity contribution >= 4 is 16.7 Å². The van der Waals surface area contributed by atoms with Crippen molar-refractivity contribution in [1.82, 2.24) is 9.97 Å². The van der Waals surface area contributed by atoms with E-state index in [0.717, 1.165) is 29.1 Å². The van der Waals surface area contributed by atoms with Crippen LogP contribution in [0, 0.1) is 0 Å². The molecule has 0 unspecified atom stereocenters. The van der Waals surface area contributed by atoms with Crippen LogP contribution in [-0.2, 0) is 0 Å². The third-order valence-corrected chi connectivity index (χ3v) is 2.98. The van der Waals surface area contributed by atoms with Crippen molar-refractivity contribution in [1.29, 1.82) is 0 Å². The van der Waals surface area contributed by atoms with E-state index in [1.54, 1.807) is 0 Å². The molecule has 0 bridgehead atoms. The van der Waals surface area contributed by atoms with Crippen molar-refractivity contribution in [2.24, 2.45) is 0 Å². The lowest BCUT2D eigenvalue weighted by Crippen LogP contribution is -2.38. The zero-order valence-electron chi connectivity index (χ0n) is 9.53. The molecule has 0 fully saturated rings. The highest BCUT2D eigenvalue weighted by Crippen LogP contribution is 2.33. The van der Waals surface area contributed by atoms with E-state index in [1.807, 2.05) is 12.3 Å². The molecular formula is C12H15N3O. The third kappa shape index (κ3) is 1.33. The average Bonchev–Trinajstić information content (AvgIpc) is 2.71. The fourth-order valence-electron chi connectivity index (χ4n) is 2.16. The smallest absolute Gasteiger partial charge is 0.239 e. The lowest BCUT2D eigenvalue weighted by Gasteiger charge is -2.33. The molecule has 0 aliphatic carbocycles. The van der Waals surface area contributed by atoms with Gasteiger partial charge in [-0.1, -0.05) is 0 Å². The van der Waals surface area contributed by atoms with Crippen LogP contribution in [0.5, 0.6) is 5.88 Å². The molecule has 0 saturated carbocycles.